The lowest BCUT2D eigenvalue weighted by atomic mass is 9.82. The van der Waals surface area contributed by atoms with Gasteiger partial charge in [0.05, 0.1) is 0 Å². The van der Waals surface area contributed by atoms with E-state index in [-0.39, 0.29) is 0 Å². The summed E-state index contributed by atoms with van der Waals surface area (Å²) in [5.74, 6) is 0. The molecular weight excluding hydrogens is 420 g/mol. The molecule has 0 aromatic heterocycles. The van der Waals surface area contributed by atoms with Crippen LogP contribution in [0.1, 0.15) is 0 Å². The van der Waals surface area contributed by atoms with E-state index in [0.717, 1.165) is 0 Å². The molecule has 0 aliphatic heterocycles. The predicted octanol–water partition coefficient (Wildman–Crippen LogP) is -6.11. The third-order valence-corrected chi connectivity index (χ3v) is 8.59. The van der Waals surface area contributed by atoms with Crippen LogP contribution in [0.25, 0.3) is 0 Å². The van der Waals surface area contributed by atoms with Crippen molar-refractivity contribution in [1.29, 1.82) is 0 Å². The SMILES string of the molecule is O=[P+]([O-])C1(O)[C@@H](O)[C@](O)([P+](=O)[O-])C(O)([P+](=O)[O-])[C@@](O)([P+](=O)[O-])[C@H]1O. The Balaban J connectivity index is 4.09. The highest BCUT2D eigenvalue weighted by atomic mass is 31.1. The molecule has 0 saturated heterocycles. The first kappa shape index (κ1) is 22.0. The van der Waals surface area contributed by atoms with Crippen LogP contribution in [0, 0.1) is 0 Å². The molecule has 6 unspecified atom stereocenters. The molecule has 1 rings (SSSR count). The Hall–Kier alpha value is -0.0000000000000000971. The Kier molecular flexibility index (Phi) is 5.80. The van der Waals surface area contributed by atoms with E-state index in [0.29, 0.717) is 0 Å². The molecule has 0 spiro atoms. The summed E-state index contributed by atoms with van der Waals surface area (Å²) in [6.07, 6.45) is -7.37. The molecule has 6 N–H and O–H groups in total. The van der Waals surface area contributed by atoms with Crippen LogP contribution in [0.4, 0.5) is 0 Å². The van der Waals surface area contributed by atoms with Crippen LogP contribution in [-0.2, 0) is 18.3 Å². The lowest BCUT2D eigenvalue weighted by molar-refractivity contribution is -0.325. The smallest absolute Gasteiger partial charge is 0.415 e. The zero-order chi connectivity index (χ0) is 19.5. The van der Waals surface area contributed by atoms with Gasteiger partial charge in [0.15, 0.2) is 0 Å². The number of hydrogen-bond donors (Lipinski definition) is 6. The van der Waals surface area contributed by atoms with Gasteiger partial charge in [0, 0.05) is 0 Å². The molecule has 0 aromatic rings. The summed E-state index contributed by atoms with van der Waals surface area (Å²) < 4.78 is 44.9. The van der Waals surface area contributed by atoms with Crippen molar-refractivity contribution in [3.8, 4) is 0 Å². The van der Waals surface area contributed by atoms with Crippen molar-refractivity contribution in [3.63, 3.8) is 0 Å². The Labute approximate surface area is 135 Å². The van der Waals surface area contributed by atoms with E-state index in [1.54, 1.807) is 0 Å². The van der Waals surface area contributed by atoms with Gasteiger partial charge in [0.2, 0.25) is 12.2 Å². The molecule has 136 valence electrons. The number of hydrogen-bond acceptors (Lipinski definition) is 14. The van der Waals surface area contributed by atoms with Gasteiger partial charge in [-0.2, -0.15) is 0 Å². The molecule has 10 atom stereocenters. The highest BCUT2D eigenvalue weighted by Crippen LogP contribution is 2.68. The fourth-order valence-electron chi connectivity index (χ4n) is 2.32. The van der Waals surface area contributed by atoms with E-state index >= 15 is 0 Å². The maximum absolute atomic E-state index is 11.3. The summed E-state index contributed by atoms with van der Waals surface area (Å²) in [4.78, 5) is 44.9. The largest absolute Gasteiger partial charge is 0.593 e. The topological polar surface area (TPSA) is 282 Å². The second-order valence-electron chi connectivity index (χ2n) is 4.74. The molecule has 24 heavy (non-hydrogen) atoms. The Morgan fingerprint density at radius 2 is 0.917 bits per heavy atom. The third-order valence-electron chi connectivity index (χ3n) is 3.71. The van der Waals surface area contributed by atoms with Gasteiger partial charge in [-0.15, -0.1) is 0 Å². The van der Waals surface area contributed by atoms with Gasteiger partial charge in [0.25, 0.3) is 0 Å². The summed E-state index contributed by atoms with van der Waals surface area (Å²) in [7, 11) is -19.2. The Morgan fingerprint density at radius 3 is 1.08 bits per heavy atom. The molecule has 0 bridgehead atoms. The van der Waals surface area contributed by atoms with Gasteiger partial charge in [-0.3, -0.25) is 0 Å². The number of aliphatic hydroxyl groups excluding tert-OH is 2. The first-order chi connectivity index (χ1) is 10.6. The summed E-state index contributed by atoms with van der Waals surface area (Å²) >= 11 is 0. The number of aliphatic hydroxyl groups is 6. The van der Waals surface area contributed by atoms with Gasteiger partial charge >= 0.3 is 53.5 Å². The third kappa shape index (κ3) is 2.23. The molecule has 1 fully saturated rings. The van der Waals surface area contributed by atoms with Crippen LogP contribution in [0.15, 0.2) is 0 Å². The maximum atomic E-state index is 11.3. The highest BCUT2D eigenvalue weighted by Gasteiger charge is 2.98. The first-order valence-corrected chi connectivity index (χ1v) is 10.1. The summed E-state index contributed by atoms with van der Waals surface area (Å²) in [5, 5.41) is 40.8. The second-order valence-corrected chi connectivity index (χ2v) is 9.53. The molecule has 1 aliphatic carbocycles. The lowest BCUT2D eigenvalue weighted by Gasteiger charge is -2.47. The lowest BCUT2D eigenvalue weighted by Crippen LogP contribution is -2.84. The molecule has 14 nitrogen and oxygen atoms in total. The minimum Gasteiger partial charge on any atom is -0.593 e. The van der Waals surface area contributed by atoms with Gasteiger partial charge in [0.1, 0.15) is 0 Å². The number of rotatable bonds is 4. The summed E-state index contributed by atoms with van der Waals surface area (Å²) in [6.45, 7) is 0. The van der Waals surface area contributed by atoms with Crippen molar-refractivity contribution in [1.82, 2.24) is 0 Å². The van der Waals surface area contributed by atoms with Crippen molar-refractivity contribution in [2.75, 3.05) is 0 Å². The normalized spacial score (nSPS) is 48.6. The highest BCUT2D eigenvalue weighted by molar-refractivity contribution is 7.47. The fourth-order valence-corrected chi connectivity index (χ4v) is 6.79. The van der Waals surface area contributed by atoms with Crippen molar-refractivity contribution in [2.45, 2.75) is 33.6 Å². The molecule has 18 heteroatoms. The molecule has 0 amide bonds. The van der Waals surface area contributed by atoms with E-state index in [1.165, 1.54) is 0 Å². The van der Waals surface area contributed by atoms with E-state index in [4.69, 9.17) is 0 Å². The van der Waals surface area contributed by atoms with E-state index < -0.39 is 65.7 Å². The molecule has 0 radical (unpaired) electrons. The molecule has 0 heterocycles. The van der Waals surface area contributed by atoms with Gasteiger partial charge in [-0.05, 0) is 0 Å². The predicted molar refractivity (Wildman–Crippen MR) is 62.2 cm³/mol. The van der Waals surface area contributed by atoms with Crippen LogP contribution in [0.2, 0.25) is 0 Å². The van der Waals surface area contributed by atoms with Crippen LogP contribution < -0.4 is 19.6 Å². The van der Waals surface area contributed by atoms with Gasteiger partial charge in [-0.1, -0.05) is 18.3 Å². The van der Waals surface area contributed by atoms with E-state index in [1.807, 2.05) is 0 Å². The van der Waals surface area contributed by atoms with Crippen LogP contribution >= 0.6 is 32.1 Å². The quantitative estimate of drug-likeness (QED) is 0.227. The van der Waals surface area contributed by atoms with Crippen LogP contribution in [0.5, 0.6) is 0 Å². The molecule has 1 saturated carbocycles. The zero-order valence-corrected chi connectivity index (χ0v) is 14.5. The van der Waals surface area contributed by atoms with E-state index in [9.17, 15) is 68.5 Å². The van der Waals surface area contributed by atoms with Crippen molar-refractivity contribution in [2.24, 2.45) is 0 Å². The molecule has 0 aromatic carbocycles. The maximum Gasteiger partial charge on any atom is 0.415 e. The van der Waals surface area contributed by atoms with Crippen molar-refractivity contribution < 1.29 is 68.5 Å². The zero-order valence-electron chi connectivity index (χ0n) is 10.9. The summed E-state index contributed by atoms with van der Waals surface area (Å²) in [6, 6.07) is 0. The minimum atomic E-state index is -4.90. The second kappa shape index (κ2) is 6.31. The van der Waals surface area contributed by atoms with Gasteiger partial charge in [-0.25, -0.2) is 0 Å². The standard InChI is InChI=1S/C6H8O14P4/c7-1-3(9,21(13)14)2(8)5(11,23(17)18)6(12,24(19)20)4(1,10)22(15)16/h1-2,7-12H/t1-,2+,3?,4-,5-,6?/m0/s1. The average Bonchev–Trinajstić information content (AvgIpc) is 2.47. The minimum absolute atomic E-state index is 3.68. The molecular formula is C6H8O14P4. The molecule has 1 aliphatic rings. The van der Waals surface area contributed by atoms with Crippen molar-refractivity contribution in [3.05, 3.63) is 0 Å². The van der Waals surface area contributed by atoms with Crippen molar-refractivity contribution >= 4 is 32.1 Å². The van der Waals surface area contributed by atoms with E-state index in [2.05, 4.69) is 0 Å². The van der Waals surface area contributed by atoms with Crippen LogP contribution in [0.3, 0.4) is 0 Å². The Bertz CT molecular complexity index is 601. The summed E-state index contributed by atoms with van der Waals surface area (Å²) in [5.41, 5.74) is 0. The van der Waals surface area contributed by atoms with Crippen LogP contribution in [-0.4, -0.2) is 64.2 Å². The Morgan fingerprint density at radius 1 is 0.625 bits per heavy atom. The monoisotopic (exact) mass is 428 g/mol. The average molecular weight is 428 g/mol. The fraction of sp³-hybridized carbons (Fsp3) is 1.00. The van der Waals surface area contributed by atoms with Gasteiger partial charge < -0.3 is 50.2 Å². The first-order valence-electron chi connectivity index (χ1n) is 5.42.